The summed E-state index contributed by atoms with van der Waals surface area (Å²) < 4.78 is 16.3. The zero-order chi connectivity index (χ0) is 19.2. The number of amides is 1. The van der Waals surface area contributed by atoms with Gasteiger partial charge < -0.3 is 24.8 Å². The summed E-state index contributed by atoms with van der Waals surface area (Å²) in [5.41, 5.74) is 2.08. The lowest BCUT2D eigenvalue weighted by Crippen LogP contribution is -2.34. The fourth-order valence-electron chi connectivity index (χ4n) is 3.54. The van der Waals surface area contributed by atoms with E-state index in [9.17, 15) is 4.79 Å². The van der Waals surface area contributed by atoms with E-state index in [1.54, 1.807) is 21.3 Å². The van der Waals surface area contributed by atoms with E-state index in [1.807, 2.05) is 42.5 Å². The number of rotatable bonds is 7. The van der Waals surface area contributed by atoms with Crippen LogP contribution in [0.5, 0.6) is 17.2 Å². The monoisotopic (exact) mass is 370 g/mol. The highest BCUT2D eigenvalue weighted by Gasteiger charge is 2.35. The molecule has 144 valence electrons. The predicted octanol–water partition coefficient (Wildman–Crippen LogP) is 2.33. The summed E-state index contributed by atoms with van der Waals surface area (Å²) in [5.74, 6) is 1.68. The molecule has 1 saturated heterocycles. The van der Waals surface area contributed by atoms with Gasteiger partial charge in [0.05, 0.1) is 27.2 Å². The van der Waals surface area contributed by atoms with Crippen molar-refractivity contribution in [1.82, 2.24) is 10.6 Å². The van der Waals surface area contributed by atoms with Gasteiger partial charge in [-0.15, -0.1) is 0 Å². The van der Waals surface area contributed by atoms with Crippen molar-refractivity contribution in [1.29, 1.82) is 0 Å². The molecule has 0 aromatic heterocycles. The van der Waals surface area contributed by atoms with Crippen molar-refractivity contribution in [3.05, 3.63) is 53.6 Å². The lowest BCUT2D eigenvalue weighted by Gasteiger charge is -2.21. The van der Waals surface area contributed by atoms with Crippen LogP contribution in [0.25, 0.3) is 0 Å². The highest BCUT2D eigenvalue weighted by Crippen LogP contribution is 2.42. The Morgan fingerprint density at radius 3 is 2.30 bits per heavy atom. The Hall–Kier alpha value is -2.73. The van der Waals surface area contributed by atoms with E-state index < -0.39 is 0 Å². The Kier molecular flexibility index (Phi) is 6.19. The topological polar surface area (TPSA) is 68.8 Å². The van der Waals surface area contributed by atoms with Crippen LogP contribution in [0.1, 0.15) is 17.0 Å². The first-order valence-electron chi connectivity index (χ1n) is 9.00. The van der Waals surface area contributed by atoms with E-state index in [2.05, 4.69) is 10.6 Å². The van der Waals surface area contributed by atoms with Gasteiger partial charge in [0.1, 0.15) is 0 Å². The molecule has 1 aliphatic rings. The van der Waals surface area contributed by atoms with Crippen LogP contribution in [0.4, 0.5) is 0 Å². The Morgan fingerprint density at radius 1 is 1.04 bits per heavy atom. The van der Waals surface area contributed by atoms with Gasteiger partial charge in [-0.05, 0) is 23.3 Å². The maximum Gasteiger partial charge on any atom is 0.225 e. The molecule has 2 aromatic carbocycles. The summed E-state index contributed by atoms with van der Waals surface area (Å²) >= 11 is 0. The van der Waals surface area contributed by atoms with E-state index >= 15 is 0 Å². The van der Waals surface area contributed by atoms with Gasteiger partial charge in [0.15, 0.2) is 11.5 Å². The summed E-state index contributed by atoms with van der Waals surface area (Å²) in [6.07, 6.45) is 0. The molecule has 1 aliphatic heterocycles. The molecule has 6 nitrogen and oxygen atoms in total. The van der Waals surface area contributed by atoms with Gasteiger partial charge in [0, 0.05) is 25.6 Å². The average Bonchev–Trinajstić information content (AvgIpc) is 3.21. The lowest BCUT2D eigenvalue weighted by molar-refractivity contribution is -0.125. The van der Waals surface area contributed by atoms with Crippen LogP contribution in [0.15, 0.2) is 42.5 Å². The van der Waals surface area contributed by atoms with Crippen LogP contribution < -0.4 is 24.8 Å². The van der Waals surface area contributed by atoms with E-state index in [4.69, 9.17) is 14.2 Å². The van der Waals surface area contributed by atoms with Gasteiger partial charge in [-0.2, -0.15) is 0 Å². The second-order valence-electron chi connectivity index (χ2n) is 6.53. The molecule has 2 unspecified atom stereocenters. The van der Waals surface area contributed by atoms with E-state index in [0.29, 0.717) is 30.3 Å². The molecule has 0 radical (unpaired) electrons. The van der Waals surface area contributed by atoms with Crippen LogP contribution in [-0.4, -0.2) is 40.3 Å². The highest BCUT2D eigenvalue weighted by atomic mass is 16.5. The number of benzene rings is 2. The zero-order valence-corrected chi connectivity index (χ0v) is 16.0. The molecule has 0 saturated carbocycles. The van der Waals surface area contributed by atoms with Gasteiger partial charge >= 0.3 is 0 Å². The average molecular weight is 370 g/mol. The standard InChI is InChI=1S/C21H26N2O4/c1-25-18-9-15(10-19(26-2)20(18)27-3)16-12-22-13-17(16)21(24)23-11-14-7-5-4-6-8-14/h4-10,16-17,22H,11-13H2,1-3H3,(H,23,24). The van der Waals surface area contributed by atoms with Gasteiger partial charge in [-0.1, -0.05) is 30.3 Å². The van der Waals surface area contributed by atoms with Crippen molar-refractivity contribution in [2.45, 2.75) is 12.5 Å². The van der Waals surface area contributed by atoms with Crippen molar-refractivity contribution in [3.8, 4) is 17.2 Å². The molecule has 1 amide bonds. The minimum Gasteiger partial charge on any atom is -0.493 e. The molecule has 2 atom stereocenters. The Labute approximate surface area is 159 Å². The first kappa shape index (κ1) is 19.0. The number of carbonyl (C=O) groups excluding carboxylic acids is 1. The SMILES string of the molecule is COc1cc(C2CNCC2C(=O)NCc2ccccc2)cc(OC)c1OC. The van der Waals surface area contributed by atoms with Gasteiger partial charge in [0.2, 0.25) is 11.7 Å². The van der Waals surface area contributed by atoms with Crippen molar-refractivity contribution in [2.24, 2.45) is 5.92 Å². The van der Waals surface area contributed by atoms with Crippen LogP contribution in [0, 0.1) is 5.92 Å². The molecule has 6 heteroatoms. The molecule has 3 rings (SSSR count). The Bertz CT molecular complexity index is 754. The number of ether oxygens (including phenoxy) is 3. The highest BCUT2D eigenvalue weighted by molar-refractivity contribution is 5.80. The minimum absolute atomic E-state index is 0.0366. The van der Waals surface area contributed by atoms with Crippen LogP contribution >= 0.6 is 0 Å². The quantitative estimate of drug-likeness (QED) is 0.783. The Morgan fingerprint density at radius 2 is 1.70 bits per heavy atom. The third-order valence-electron chi connectivity index (χ3n) is 4.98. The first-order chi connectivity index (χ1) is 13.2. The van der Waals surface area contributed by atoms with Crippen LogP contribution in [0.3, 0.4) is 0 Å². The minimum atomic E-state index is -0.156. The van der Waals surface area contributed by atoms with Gasteiger partial charge in [-0.3, -0.25) is 4.79 Å². The van der Waals surface area contributed by atoms with E-state index in [-0.39, 0.29) is 17.7 Å². The molecular formula is C21H26N2O4. The summed E-state index contributed by atoms with van der Waals surface area (Å²) in [5, 5.41) is 6.38. The summed E-state index contributed by atoms with van der Waals surface area (Å²) in [4.78, 5) is 12.8. The number of hydrogen-bond donors (Lipinski definition) is 2. The van der Waals surface area contributed by atoms with Gasteiger partial charge in [-0.25, -0.2) is 0 Å². The van der Waals surface area contributed by atoms with Crippen LogP contribution in [-0.2, 0) is 11.3 Å². The normalized spacial score (nSPS) is 18.8. The molecule has 0 aliphatic carbocycles. The molecule has 1 heterocycles. The van der Waals surface area contributed by atoms with Crippen molar-refractivity contribution in [3.63, 3.8) is 0 Å². The molecule has 0 bridgehead atoms. The number of methoxy groups -OCH3 is 3. The second kappa shape index (κ2) is 8.77. The molecule has 27 heavy (non-hydrogen) atoms. The smallest absolute Gasteiger partial charge is 0.225 e. The third-order valence-corrected chi connectivity index (χ3v) is 4.98. The summed E-state index contributed by atoms with van der Waals surface area (Å²) in [7, 11) is 4.77. The number of hydrogen-bond acceptors (Lipinski definition) is 5. The van der Waals surface area contributed by atoms with Gasteiger partial charge in [0.25, 0.3) is 0 Å². The van der Waals surface area contributed by atoms with E-state index in [1.165, 1.54) is 0 Å². The lowest BCUT2D eigenvalue weighted by atomic mass is 9.87. The largest absolute Gasteiger partial charge is 0.493 e. The maximum absolute atomic E-state index is 12.8. The maximum atomic E-state index is 12.8. The third kappa shape index (κ3) is 4.17. The number of carbonyl (C=O) groups is 1. The molecule has 0 spiro atoms. The zero-order valence-electron chi connectivity index (χ0n) is 16.0. The fourth-order valence-corrected chi connectivity index (χ4v) is 3.54. The molecule has 1 fully saturated rings. The summed E-state index contributed by atoms with van der Waals surface area (Å²) in [6.45, 7) is 1.89. The van der Waals surface area contributed by atoms with Crippen molar-refractivity contribution in [2.75, 3.05) is 34.4 Å². The van der Waals surface area contributed by atoms with Crippen molar-refractivity contribution >= 4 is 5.91 Å². The molecule has 2 aromatic rings. The number of nitrogens with one attached hydrogen (secondary N) is 2. The fraction of sp³-hybridized carbons (Fsp3) is 0.381. The van der Waals surface area contributed by atoms with Crippen LogP contribution in [0.2, 0.25) is 0 Å². The predicted molar refractivity (Wildman–Crippen MR) is 103 cm³/mol. The second-order valence-corrected chi connectivity index (χ2v) is 6.53. The molecular weight excluding hydrogens is 344 g/mol. The van der Waals surface area contributed by atoms with E-state index in [0.717, 1.165) is 17.7 Å². The summed E-state index contributed by atoms with van der Waals surface area (Å²) in [6, 6.07) is 13.8. The molecule has 2 N–H and O–H groups in total. The van der Waals surface area contributed by atoms with Crippen molar-refractivity contribution < 1.29 is 19.0 Å². The Balaban J connectivity index is 1.78. The first-order valence-corrected chi connectivity index (χ1v) is 9.00.